The van der Waals surface area contributed by atoms with E-state index >= 15 is 0 Å². The lowest BCUT2D eigenvalue weighted by molar-refractivity contribution is -0.129. The molecule has 0 fully saturated rings. The molecule has 3 aromatic rings. The van der Waals surface area contributed by atoms with Gasteiger partial charge >= 0.3 is 0 Å². The molecular formula is C24H28N4O3. The van der Waals surface area contributed by atoms with E-state index in [0.717, 1.165) is 21.9 Å². The van der Waals surface area contributed by atoms with Crippen molar-refractivity contribution in [1.29, 1.82) is 0 Å². The number of hydrogen-bond acceptors (Lipinski definition) is 6. The average molecular weight is 421 g/mol. The molecule has 162 valence electrons. The summed E-state index contributed by atoms with van der Waals surface area (Å²) in [6.45, 7) is 2.13. The van der Waals surface area contributed by atoms with Crippen molar-refractivity contribution in [3.05, 3.63) is 71.9 Å². The third-order valence-electron chi connectivity index (χ3n) is 5.11. The zero-order chi connectivity index (χ0) is 22.2. The van der Waals surface area contributed by atoms with E-state index in [1.807, 2.05) is 54.6 Å². The van der Waals surface area contributed by atoms with Crippen LogP contribution in [-0.4, -0.2) is 35.4 Å². The maximum absolute atomic E-state index is 12.5. The summed E-state index contributed by atoms with van der Waals surface area (Å²) < 4.78 is 5.51. The molecule has 1 aromatic heterocycles. The number of pyridine rings is 1. The smallest absolute Gasteiger partial charge is 0.239 e. The van der Waals surface area contributed by atoms with Gasteiger partial charge in [0, 0.05) is 18.0 Å². The maximum Gasteiger partial charge on any atom is 0.239 e. The molecule has 3 rings (SSSR count). The number of rotatable bonds is 10. The van der Waals surface area contributed by atoms with Gasteiger partial charge < -0.3 is 21.5 Å². The first-order valence-corrected chi connectivity index (χ1v) is 10.3. The fourth-order valence-electron chi connectivity index (χ4n) is 3.24. The Morgan fingerprint density at radius 2 is 1.87 bits per heavy atom. The Morgan fingerprint density at radius 3 is 2.65 bits per heavy atom. The molecule has 0 bridgehead atoms. The minimum Gasteiger partial charge on any atom is -0.383 e. The standard InChI is InChI=1S/C24H28N4O3/c1-16(28-24(30)21(25)15-31-14-18-5-3-2-4-6-18)22(29)10-8-17-7-9-20-19(13-17)11-12-27-23(20)26/h2-7,9,11-13,16,21H,8,10,14-15,25H2,1H3,(H2,26,27)(H,28,30)/t16-,21+/m0/s1. The molecule has 0 unspecified atom stereocenters. The van der Waals surface area contributed by atoms with E-state index in [0.29, 0.717) is 25.3 Å². The monoisotopic (exact) mass is 420 g/mol. The number of anilines is 1. The van der Waals surface area contributed by atoms with Crippen LogP contribution in [0.25, 0.3) is 10.8 Å². The lowest BCUT2D eigenvalue weighted by Gasteiger charge is -2.17. The minimum atomic E-state index is -0.835. The van der Waals surface area contributed by atoms with E-state index in [2.05, 4.69) is 10.3 Å². The average Bonchev–Trinajstić information content (AvgIpc) is 2.78. The van der Waals surface area contributed by atoms with Crippen LogP contribution < -0.4 is 16.8 Å². The number of carbonyl (C=O) groups excluding carboxylic acids is 2. The van der Waals surface area contributed by atoms with E-state index in [9.17, 15) is 9.59 Å². The Balaban J connectivity index is 1.43. The summed E-state index contributed by atoms with van der Waals surface area (Å²) in [5.41, 5.74) is 13.8. The number of aromatic nitrogens is 1. The quantitative estimate of drug-likeness (QED) is 0.463. The molecule has 7 heteroatoms. The highest BCUT2D eigenvalue weighted by molar-refractivity contribution is 5.92. The van der Waals surface area contributed by atoms with E-state index < -0.39 is 18.0 Å². The number of nitrogens with zero attached hydrogens (tertiary/aromatic N) is 1. The zero-order valence-electron chi connectivity index (χ0n) is 17.6. The van der Waals surface area contributed by atoms with Crippen molar-refractivity contribution in [3.63, 3.8) is 0 Å². The van der Waals surface area contributed by atoms with Gasteiger partial charge in [0.05, 0.1) is 19.3 Å². The predicted molar refractivity (Wildman–Crippen MR) is 121 cm³/mol. The van der Waals surface area contributed by atoms with Crippen LogP contribution in [0.2, 0.25) is 0 Å². The first-order chi connectivity index (χ1) is 14.9. The minimum absolute atomic E-state index is 0.0555. The summed E-state index contributed by atoms with van der Waals surface area (Å²) in [4.78, 5) is 28.8. The van der Waals surface area contributed by atoms with Gasteiger partial charge in [-0.3, -0.25) is 9.59 Å². The number of ketones is 1. The highest BCUT2D eigenvalue weighted by Crippen LogP contribution is 2.20. The molecule has 0 spiro atoms. The number of benzene rings is 2. The number of carbonyl (C=O) groups is 2. The van der Waals surface area contributed by atoms with Crippen LogP contribution in [0.1, 0.15) is 24.5 Å². The van der Waals surface area contributed by atoms with Gasteiger partial charge in [-0.15, -0.1) is 0 Å². The van der Waals surface area contributed by atoms with Crippen molar-refractivity contribution in [2.75, 3.05) is 12.3 Å². The Morgan fingerprint density at radius 1 is 1.10 bits per heavy atom. The van der Waals surface area contributed by atoms with Crippen LogP contribution in [0, 0.1) is 0 Å². The largest absolute Gasteiger partial charge is 0.383 e. The molecule has 0 saturated carbocycles. The van der Waals surface area contributed by atoms with E-state index in [1.165, 1.54) is 0 Å². The molecule has 31 heavy (non-hydrogen) atoms. The normalized spacial score (nSPS) is 13.0. The summed E-state index contributed by atoms with van der Waals surface area (Å²) in [6.07, 6.45) is 2.55. The number of nitrogen functional groups attached to an aromatic ring is 1. The van der Waals surface area contributed by atoms with Gasteiger partial charge in [0.1, 0.15) is 11.9 Å². The van der Waals surface area contributed by atoms with Crippen molar-refractivity contribution in [1.82, 2.24) is 10.3 Å². The molecule has 2 aromatic carbocycles. The molecule has 0 aliphatic rings. The number of amides is 1. The van der Waals surface area contributed by atoms with Crippen molar-refractivity contribution in [3.8, 4) is 0 Å². The third kappa shape index (κ3) is 6.34. The number of Topliss-reactive ketones (excluding diaryl/α,β-unsaturated/α-hetero) is 1. The maximum atomic E-state index is 12.5. The lowest BCUT2D eigenvalue weighted by Crippen LogP contribution is -2.49. The topological polar surface area (TPSA) is 120 Å². The summed E-state index contributed by atoms with van der Waals surface area (Å²) >= 11 is 0. The van der Waals surface area contributed by atoms with Crippen LogP contribution in [0.4, 0.5) is 5.82 Å². The lowest BCUT2D eigenvalue weighted by atomic mass is 10.0. The Bertz CT molecular complexity index is 1040. The second-order valence-corrected chi connectivity index (χ2v) is 7.56. The van der Waals surface area contributed by atoms with Gasteiger partial charge in [-0.1, -0.05) is 48.5 Å². The van der Waals surface area contributed by atoms with Gasteiger partial charge in [-0.05, 0) is 35.9 Å². The first-order valence-electron chi connectivity index (χ1n) is 10.3. The third-order valence-corrected chi connectivity index (χ3v) is 5.11. The Kier molecular flexibility index (Phi) is 7.70. The molecule has 0 radical (unpaired) electrons. The van der Waals surface area contributed by atoms with Gasteiger partial charge in [-0.2, -0.15) is 0 Å². The molecule has 2 atom stereocenters. The summed E-state index contributed by atoms with van der Waals surface area (Å²) in [6, 6.07) is 15.9. The van der Waals surface area contributed by atoms with Gasteiger partial charge in [-0.25, -0.2) is 4.98 Å². The van der Waals surface area contributed by atoms with Crippen molar-refractivity contribution < 1.29 is 14.3 Å². The Labute approximate surface area is 181 Å². The summed E-state index contributed by atoms with van der Waals surface area (Å²) in [5.74, 6) is 0.0308. The van der Waals surface area contributed by atoms with Crippen LogP contribution >= 0.6 is 0 Å². The second-order valence-electron chi connectivity index (χ2n) is 7.56. The molecule has 7 nitrogen and oxygen atoms in total. The molecule has 1 heterocycles. The van der Waals surface area contributed by atoms with Crippen molar-refractivity contribution >= 4 is 28.3 Å². The van der Waals surface area contributed by atoms with E-state index in [4.69, 9.17) is 16.2 Å². The second kappa shape index (κ2) is 10.7. The van der Waals surface area contributed by atoms with Crippen molar-refractivity contribution in [2.45, 2.75) is 38.5 Å². The SMILES string of the molecule is C[C@H](NC(=O)[C@H](N)COCc1ccccc1)C(=O)CCc1ccc2c(N)nccc2c1. The van der Waals surface area contributed by atoms with Crippen LogP contribution in [0.3, 0.4) is 0 Å². The molecule has 1 amide bonds. The summed E-state index contributed by atoms with van der Waals surface area (Å²) in [5, 5.41) is 4.56. The molecule has 0 saturated heterocycles. The number of ether oxygens (including phenoxy) is 1. The molecule has 0 aliphatic carbocycles. The zero-order valence-corrected chi connectivity index (χ0v) is 17.6. The number of nitrogens with one attached hydrogen (secondary N) is 1. The van der Waals surface area contributed by atoms with E-state index in [-0.39, 0.29) is 12.4 Å². The van der Waals surface area contributed by atoms with Gasteiger partial charge in [0.2, 0.25) is 5.91 Å². The molecule has 0 aliphatic heterocycles. The van der Waals surface area contributed by atoms with E-state index in [1.54, 1.807) is 13.1 Å². The van der Waals surface area contributed by atoms with Crippen LogP contribution in [-0.2, 0) is 27.4 Å². The number of aryl methyl sites for hydroxylation is 1. The predicted octanol–water partition coefficient (Wildman–Crippen LogP) is 2.37. The number of fused-ring (bicyclic) bond motifs is 1. The number of nitrogens with two attached hydrogens (primary N) is 2. The fourth-order valence-corrected chi connectivity index (χ4v) is 3.24. The number of hydrogen-bond donors (Lipinski definition) is 3. The Hall–Kier alpha value is -3.29. The van der Waals surface area contributed by atoms with Crippen molar-refractivity contribution in [2.24, 2.45) is 5.73 Å². The van der Waals surface area contributed by atoms with Crippen LogP contribution in [0.5, 0.6) is 0 Å². The highest BCUT2D eigenvalue weighted by atomic mass is 16.5. The highest BCUT2D eigenvalue weighted by Gasteiger charge is 2.20. The van der Waals surface area contributed by atoms with Gasteiger partial charge in [0.25, 0.3) is 0 Å². The first kappa shape index (κ1) is 22.4. The van der Waals surface area contributed by atoms with Gasteiger partial charge in [0.15, 0.2) is 5.78 Å². The molecular weight excluding hydrogens is 392 g/mol. The summed E-state index contributed by atoms with van der Waals surface area (Å²) in [7, 11) is 0. The van der Waals surface area contributed by atoms with Crippen LogP contribution in [0.15, 0.2) is 60.8 Å². The molecule has 5 N–H and O–H groups in total. The fraction of sp³-hybridized carbons (Fsp3) is 0.292.